The van der Waals surface area contributed by atoms with Gasteiger partial charge in [0.2, 0.25) is 0 Å². The van der Waals surface area contributed by atoms with Crippen molar-refractivity contribution in [1.29, 1.82) is 0 Å². The molecule has 0 aliphatic rings. The summed E-state index contributed by atoms with van der Waals surface area (Å²) in [6, 6.07) is 3.72. The first-order valence-electron chi connectivity index (χ1n) is 6.50. The number of rotatable bonds is 5. The Morgan fingerprint density at radius 1 is 1.26 bits per heavy atom. The molecule has 0 aliphatic carbocycles. The number of aliphatic hydroxyl groups is 1. The van der Waals surface area contributed by atoms with Crippen LogP contribution >= 0.6 is 0 Å². The van der Waals surface area contributed by atoms with Crippen LogP contribution in [0.5, 0.6) is 0 Å². The number of hydrogen-bond acceptors (Lipinski definition) is 5. The molecule has 0 aromatic carbocycles. The second-order valence-electron chi connectivity index (χ2n) is 5.54. The van der Waals surface area contributed by atoms with E-state index in [1.165, 1.54) is 0 Å². The van der Waals surface area contributed by atoms with Gasteiger partial charge in [-0.1, -0.05) is 13.8 Å². The van der Waals surface area contributed by atoms with E-state index in [0.717, 1.165) is 11.9 Å². The lowest BCUT2D eigenvalue weighted by Gasteiger charge is -2.25. The highest BCUT2D eigenvalue weighted by atomic mass is 16.3. The van der Waals surface area contributed by atoms with Crippen LogP contribution in [-0.2, 0) is 0 Å². The molecule has 1 atom stereocenters. The van der Waals surface area contributed by atoms with E-state index in [4.69, 9.17) is 0 Å². The number of nitrogens with one attached hydrogen (secondary N) is 1. The topological polar surface area (TPSA) is 70.9 Å². The van der Waals surface area contributed by atoms with Crippen LogP contribution in [-0.4, -0.2) is 32.2 Å². The summed E-state index contributed by atoms with van der Waals surface area (Å²) >= 11 is 0. The third-order valence-corrected chi connectivity index (χ3v) is 2.83. The highest BCUT2D eigenvalue weighted by Gasteiger charge is 2.21. The van der Waals surface area contributed by atoms with Gasteiger partial charge in [-0.25, -0.2) is 9.97 Å². The Labute approximate surface area is 113 Å². The first-order valence-corrected chi connectivity index (χ1v) is 6.50. The SMILES string of the molecule is CC(C)CC(C)(O)CNc1ccc2nccnc2n1. The van der Waals surface area contributed by atoms with E-state index in [2.05, 4.69) is 34.1 Å². The van der Waals surface area contributed by atoms with Crippen molar-refractivity contribution in [1.82, 2.24) is 15.0 Å². The zero-order valence-corrected chi connectivity index (χ0v) is 11.6. The number of nitrogens with zero attached hydrogens (tertiary/aromatic N) is 3. The van der Waals surface area contributed by atoms with Crippen LogP contribution in [0, 0.1) is 5.92 Å². The molecule has 0 aliphatic heterocycles. The monoisotopic (exact) mass is 260 g/mol. The van der Waals surface area contributed by atoms with Gasteiger partial charge in [-0.05, 0) is 31.4 Å². The second-order valence-corrected chi connectivity index (χ2v) is 5.54. The standard InChI is InChI=1S/C14H20N4O/c1-10(2)8-14(3,19)9-17-12-5-4-11-13(18-12)16-7-6-15-11/h4-7,10,19H,8-9H2,1-3H3,(H,16,17,18). The van der Waals surface area contributed by atoms with E-state index in [0.29, 0.717) is 23.9 Å². The van der Waals surface area contributed by atoms with Gasteiger partial charge in [0.05, 0.1) is 5.60 Å². The highest BCUT2D eigenvalue weighted by Crippen LogP contribution is 2.17. The van der Waals surface area contributed by atoms with E-state index in [1.54, 1.807) is 12.4 Å². The summed E-state index contributed by atoms with van der Waals surface area (Å²) in [6.07, 6.45) is 4.01. The van der Waals surface area contributed by atoms with Gasteiger partial charge in [0.25, 0.3) is 0 Å². The normalized spacial score (nSPS) is 14.6. The zero-order chi connectivity index (χ0) is 13.9. The molecule has 19 heavy (non-hydrogen) atoms. The molecular formula is C14H20N4O. The third-order valence-electron chi connectivity index (χ3n) is 2.83. The van der Waals surface area contributed by atoms with Crippen molar-refractivity contribution in [3.05, 3.63) is 24.5 Å². The lowest BCUT2D eigenvalue weighted by molar-refractivity contribution is 0.0515. The van der Waals surface area contributed by atoms with Crippen LogP contribution in [0.2, 0.25) is 0 Å². The number of hydrogen-bond donors (Lipinski definition) is 2. The molecule has 2 aromatic heterocycles. The van der Waals surface area contributed by atoms with Crippen molar-refractivity contribution in [2.45, 2.75) is 32.8 Å². The number of pyridine rings is 1. The first kappa shape index (κ1) is 13.7. The van der Waals surface area contributed by atoms with Crippen LogP contribution < -0.4 is 5.32 Å². The number of aromatic nitrogens is 3. The van der Waals surface area contributed by atoms with Crippen LogP contribution in [0.3, 0.4) is 0 Å². The maximum absolute atomic E-state index is 10.2. The smallest absolute Gasteiger partial charge is 0.180 e. The average molecular weight is 260 g/mol. The van der Waals surface area contributed by atoms with E-state index < -0.39 is 5.60 Å². The Hall–Kier alpha value is -1.75. The van der Waals surface area contributed by atoms with Crippen LogP contribution in [0.1, 0.15) is 27.2 Å². The van der Waals surface area contributed by atoms with Crippen LogP contribution in [0.15, 0.2) is 24.5 Å². The van der Waals surface area contributed by atoms with Crippen molar-refractivity contribution in [3.63, 3.8) is 0 Å². The van der Waals surface area contributed by atoms with Gasteiger partial charge in [0.15, 0.2) is 5.65 Å². The van der Waals surface area contributed by atoms with Gasteiger partial charge in [0, 0.05) is 18.9 Å². The summed E-state index contributed by atoms with van der Waals surface area (Å²) in [5.41, 5.74) is 0.630. The molecular weight excluding hydrogens is 240 g/mol. The molecule has 1 unspecified atom stereocenters. The lowest BCUT2D eigenvalue weighted by Crippen LogP contribution is -2.35. The molecule has 0 amide bonds. The van der Waals surface area contributed by atoms with Gasteiger partial charge in [-0.2, -0.15) is 0 Å². The average Bonchev–Trinajstić information content (AvgIpc) is 2.35. The van der Waals surface area contributed by atoms with E-state index in [-0.39, 0.29) is 0 Å². The van der Waals surface area contributed by atoms with Crippen molar-refractivity contribution in [2.24, 2.45) is 5.92 Å². The Balaban J connectivity index is 2.05. The Morgan fingerprint density at radius 3 is 2.74 bits per heavy atom. The highest BCUT2D eigenvalue weighted by molar-refractivity contribution is 5.71. The minimum absolute atomic E-state index is 0.451. The Kier molecular flexibility index (Phi) is 3.95. The molecule has 2 aromatic rings. The molecule has 0 spiro atoms. The zero-order valence-electron chi connectivity index (χ0n) is 11.6. The molecule has 0 saturated heterocycles. The fraction of sp³-hybridized carbons (Fsp3) is 0.500. The van der Waals surface area contributed by atoms with Crippen molar-refractivity contribution >= 4 is 17.0 Å². The van der Waals surface area contributed by atoms with Gasteiger partial charge < -0.3 is 10.4 Å². The predicted molar refractivity (Wildman–Crippen MR) is 75.9 cm³/mol. The van der Waals surface area contributed by atoms with Gasteiger partial charge in [-0.3, -0.25) is 4.98 Å². The summed E-state index contributed by atoms with van der Waals surface area (Å²) in [5.74, 6) is 1.16. The van der Waals surface area contributed by atoms with E-state index in [1.807, 2.05) is 19.1 Å². The third kappa shape index (κ3) is 3.86. The first-order chi connectivity index (χ1) is 8.96. The summed E-state index contributed by atoms with van der Waals surface area (Å²) < 4.78 is 0. The molecule has 0 fully saturated rings. The molecule has 0 bridgehead atoms. The summed E-state index contributed by atoms with van der Waals surface area (Å²) in [5, 5.41) is 13.4. The number of fused-ring (bicyclic) bond motifs is 1. The maximum Gasteiger partial charge on any atom is 0.180 e. The molecule has 102 valence electrons. The minimum Gasteiger partial charge on any atom is -0.388 e. The van der Waals surface area contributed by atoms with Gasteiger partial charge >= 0.3 is 0 Å². The molecule has 2 rings (SSSR count). The molecule has 5 nitrogen and oxygen atoms in total. The second kappa shape index (κ2) is 5.48. The summed E-state index contributed by atoms with van der Waals surface area (Å²) in [4.78, 5) is 12.7. The largest absolute Gasteiger partial charge is 0.388 e. The van der Waals surface area contributed by atoms with E-state index >= 15 is 0 Å². The lowest BCUT2D eigenvalue weighted by atomic mass is 9.94. The van der Waals surface area contributed by atoms with Gasteiger partial charge in [0.1, 0.15) is 11.3 Å². The minimum atomic E-state index is -0.743. The van der Waals surface area contributed by atoms with Crippen LogP contribution in [0.25, 0.3) is 11.2 Å². The van der Waals surface area contributed by atoms with E-state index in [9.17, 15) is 5.11 Å². The predicted octanol–water partition coefficient (Wildman–Crippen LogP) is 2.23. The summed E-state index contributed by atoms with van der Waals surface area (Å²) in [6.45, 7) is 6.49. The van der Waals surface area contributed by atoms with Crippen molar-refractivity contribution in [2.75, 3.05) is 11.9 Å². The van der Waals surface area contributed by atoms with Crippen molar-refractivity contribution < 1.29 is 5.11 Å². The van der Waals surface area contributed by atoms with Crippen LogP contribution in [0.4, 0.5) is 5.82 Å². The molecule has 0 saturated carbocycles. The molecule has 5 heteroatoms. The molecule has 2 heterocycles. The number of anilines is 1. The molecule has 2 N–H and O–H groups in total. The fourth-order valence-electron chi connectivity index (χ4n) is 2.19. The quantitative estimate of drug-likeness (QED) is 0.862. The summed E-state index contributed by atoms with van der Waals surface area (Å²) in [7, 11) is 0. The Morgan fingerprint density at radius 2 is 2.00 bits per heavy atom. The molecule has 0 radical (unpaired) electrons. The fourth-order valence-corrected chi connectivity index (χ4v) is 2.19. The Bertz CT molecular complexity index is 554. The maximum atomic E-state index is 10.2. The van der Waals surface area contributed by atoms with Gasteiger partial charge in [-0.15, -0.1) is 0 Å². The van der Waals surface area contributed by atoms with Crippen molar-refractivity contribution in [3.8, 4) is 0 Å².